The highest BCUT2D eigenvalue weighted by molar-refractivity contribution is 7.99. The van der Waals surface area contributed by atoms with Gasteiger partial charge in [0, 0.05) is 19.7 Å². The Morgan fingerprint density at radius 2 is 2.08 bits per heavy atom. The van der Waals surface area contributed by atoms with Crippen molar-refractivity contribution < 1.29 is 4.79 Å². The van der Waals surface area contributed by atoms with Crippen LogP contribution in [0.1, 0.15) is 26.0 Å². The summed E-state index contributed by atoms with van der Waals surface area (Å²) in [7, 11) is 1.82. The van der Waals surface area contributed by atoms with E-state index < -0.39 is 0 Å². The van der Waals surface area contributed by atoms with E-state index in [-0.39, 0.29) is 5.91 Å². The van der Waals surface area contributed by atoms with Crippen molar-refractivity contribution in [3.8, 4) is 0 Å². The quantitative estimate of drug-likeness (QED) is 0.641. The van der Waals surface area contributed by atoms with Crippen LogP contribution in [0.15, 0.2) is 35.5 Å². The van der Waals surface area contributed by atoms with Crippen molar-refractivity contribution in [1.29, 1.82) is 0 Å². The first-order valence-electron chi connectivity index (χ1n) is 8.82. The van der Waals surface area contributed by atoms with Crippen molar-refractivity contribution in [2.75, 3.05) is 11.1 Å². The molecule has 0 aliphatic rings. The van der Waals surface area contributed by atoms with Crippen LogP contribution in [0.5, 0.6) is 0 Å². The highest BCUT2D eigenvalue weighted by Crippen LogP contribution is 2.25. The molecule has 0 aliphatic heterocycles. The van der Waals surface area contributed by atoms with E-state index in [4.69, 9.17) is 4.98 Å². The van der Waals surface area contributed by atoms with Crippen LogP contribution in [0.4, 0.5) is 5.82 Å². The molecule has 0 fully saturated rings. The molecule has 0 bridgehead atoms. The predicted octanol–water partition coefficient (Wildman–Crippen LogP) is 3.86. The number of imidazole rings is 1. The van der Waals surface area contributed by atoms with Gasteiger partial charge < -0.3 is 9.88 Å². The van der Waals surface area contributed by atoms with Gasteiger partial charge in [-0.25, -0.2) is 4.98 Å². The molecule has 1 amide bonds. The Morgan fingerprint density at radius 3 is 2.77 bits per heavy atom. The van der Waals surface area contributed by atoms with Gasteiger partial charge in [-0.05, 0) is 31.4 Å². The van der Waals surface area contributed by atoms with Crippen molar-refractivity contribution in [2.45, 2.75) is 38.9 Å². The molecule has 3 aromatic rings. The van der Waals surface area contributed by atoms with Gasteiger partial charge in [0.05, 0.1) is 22.5 Å². The van der Waals surface area contributed by atoms with Crippen LogP contribution in [0, 0.1) is 12.8 Å². The van der Waals surface area contributed by atoms with Crippen LogP contribution in [-0.2, 0) is 18.4 Å². The average Bonchev–Trinajstić information content (AvgIpc) is 3.10. The number of amides is 1. The number of fused-ring (bicyclic) bond motifs is 1. The summed E-state index contributed by atoms with van der Waals surface area (Å²) in [6.07, 6.45) is 1.08. The fourth-order valence-electron chi connectivity index (χ4n) is 2.80. The second-order valence-electron chi connectivity index (χ2n) is 6.85. The van der Waals surface area contributed by atoms with Crippen molar-refractivity contribution in [3.05, 3.63) is 36.0 Å². The molecule has 26 heavy (non-hydrogen) atoms. The lowest BCUT2D eigenvalue weighted by molar-refractivity contribution is -0.113. The number of nitrogens with one attached hydrogen (secondary N) is 1. The Hall–Kier alpha value is -2.28. The number of anilines is 1. The second-order valence-corrected chi connectivity index (χ2v) is 7.79. The third-order valence-corrected chi connectivity index (χ3v) is 5.13. The summed E-state index contributed by atoms with van der Waals surface area (Å²) >= 11 is 1.47. The summed E-state index contributed by atoms with van der Waals surface area (Å²) in [6, 6.07) is 9.99. The van der Waals surface area contributed by atoms with E-state index in [0.717, 1.165) is 34.8 Å². The molecular formula is C19H25N5OS. The van der Waals surface area contributed by atoms with Crippen LogP contribution >= 0.6 is 11.8 Å². The Balaban J connectivity index is 1.72. The lowest BCUT2D eigenvalue weighted by Gasteiger charge is -2.10. The normalized spacial score (nSPS) is 11.4. The minimum Gasteiger partial charge on any atom is -0.319 e. The molecule has 7 heteroatoms. The molecule has 6 nitrogen and oxygen atoms in total. The zero-order valence-electron chi connectivity index (χ0n) is 15.7. The lowest BCUT2D eigenvalue weighted by atomic mass is 10.1. The van der Waals surface area contributed by atoms with Crippen LogP contribution < -0.4 is 5.32 Å². The van der Waals surface area contributed by atoms with Gasteiger partial charge in [-0.2, -0.15) is 5.10 Å². The topological polar surface area (TPSA) is 64.7 Å². The molecule has 1 N–H and O–H groups in total. The van der Waals surface area contributed by atoms with Gasteiger partial charge in [0.15, 0.2) is 5.16 Å². The minimum absolute atomic E-state index is 0.0551. The molecule has 0 spiro atoms. The highest BCUT2D eigenvalue weighted by atomic mass is 32.2. The molecule has 0 radical (unpaired) electrons. The fraction of sp³-hybridized carbons (Fsp3) is 0.421. The Bertz CT molecular complexity index is 912. The van der Waals surface area contributed by atoms with E-state index in [0.29, 0.717) is 17.5 Å². The van der Waals surface area contributed by atoms with Crippen molar-refractivity contribution in [1.82, 2.24) is 19.3 Å². The van der Waals surface area contributed by atoms with Crippen LogP contribution in [-0.4, -0.2) is 31.0 Å². The number of benzene rings is 1. The van der Waals surface area contributed by atoms with Gasteiger partial charge in [0.2, 0.25) is 5.91 Å². The summed E-state index contributed by atoms with van der Waals surface area (Å²) in [6.45, 7) is 7.25. The van der Waals surface area contributed by atoms with Crippen molar-refractivity contribution >= 4 is 34.5 Å². The molecule has 0 saturated heterocycles. The van der Waals surface area contributed by atoms with Crippen molar-refractivity contribution in [2.24, 2.45) is 13.0 Å². The van der Waals surface area contributed by atoms with E-state index in [2.05, 4.69) is 34.9 Å². The van der Waals surface area contributed by atoms with Crippen LogP contribution in [0.25, 0.3) is 11.0 Å². The summed E-state index contributed by atoms with van der Waals surface area (Å²) in [5.41, 5.74) is 2.98. The second kappa shape index (κ2) is 7.95. The van der Waals surface area contributed by atoms with Gasteiger partial charge in [0.1, 0.15) is 5.82 Å². The van der Waals surface area contributed by atoms with Crippen molar-refractivity contribution in [3.63, 3.8) is 0 Å². The molecule has 2 heterocycles. The smallest absolute Gasteiger partial charge is 0.235 e. The maximum atomic E-state index is 12.3. The van der Waals surface area contributed by atoms with E-state index in [1.807, 2.05) is 38.2 Å². The first-order chi connectivity index (χ1) is 12.4. The van der Waals surface area contributed by atoms with E-state index in [9.17, 15) is 4.79 Å². The number of carbonyl (C=O) groups is 1. The summed E-state index contributed by atoms with van der Waals surface area (Å²) in [5.74, 6) is 1.59. The Morgan fingerprint density at radius 1 is 1.31 bits per heavy atom. The maximum absolute atomic E-state index is 12.3. The molecule has 0 saturated carbocycles. The molecule has 0 unspecified atom stereocenters. The Labute approximate surface area is 158 Å². The fourth-order valence-corrected chi connectivity index (χ4v) is 3.64. The number of thioether (sulfide) groups is 1. The molecule has 2 aromatic heterocycles. The number of aromatic nitrogens is 4. The third-order valence-electron chi connectivity index (χ3n) is 4.15. The molecular weight excluding hydrogens is 346 g/mol. The van der Waals surface area contributed by atoms with Crippen LogP contribution in [0.3, 0.4) is 0 Å². The number of para-hydroxylation sites is 2. The molecule has 0 aliphatic carbocycles. The zero-order chi connectivity index (χ0) is 18.7. The summed E-state index contributed by atoms with van der Waals surface area (Å²) in [4.78, 5) is 17.0. The average molecular weight is 372 g/mol. The highest BCUT2D eigenvalue weighted by Gasteiger charge is 2.14. The monoisotopic (exact) mass is 371 g/mol. The number of rotatable bonds is 7. The number of nitrogens with zero attached hydrogens (tertiary/aromatic N) is 4. The Kier molecular flexibility index (Phi) is 5.66. The summed E-state index contributed by atoms with van der Waals surface area (Å²) < 4.78 is 3.90. The van der Waals surface area contributed by atoms with Gasteiger partial charge in [-0.1, -0.05) is 37.7 Å². The van der Waals surface area contributed by atoms with Gasteiger partial charge >= 0.3 is 0 Å². The van der Waals surface area contributed by atoms with E-state index in [1.54, 1.807) is 4.68 Å². The SMILES string of the molecule is Cc1cc(NC(=O)CSc2nc3ccccc3n2CCC(C)C)n(C)n1. The maximum Gasteiger partial charge on any atom is 0.235 e. The van der Waals surface area contributed by atoms with Gasteiger partial charge in [0.25, 0.3) is 0 Å². The van der Waals surface area contributed by atoms with E-state index >= 15 is 0 Å². The van der Waals surface area contributed by atoms with Gasteiger partial charge in [-0.15, -0.1) is 0 Å². The van der Waals surface area contributed by atoms with E-state index in [1.165, 1.54) is 11.8 Å². The first kappa shape index (κ1) is 18.5. The minimum atomic E-state index is -0.0551. The molecule has 1 aromatic carbocycles. The third kappa shape index (κ3) is 4.27. The number of aryl methyl sites for hydroxylation is 3. The predicted molar refractivity (Wildman–Crippen MR) is 106 cm³/mol. The lowest BCUT2D eigenvalue weighted by Crippen LogP contribution is -2.17. The molecule has 3 rings (SSSR count). The zero-order valence-corrected chi connectivity index (χ0v) is 16.5. The molecule has 0 atom stereocenters. The number of hydrogen-bond acceptors (Lipinski definition) is 4. The van der Waals surface area contributed by atoms with Gasteiger partial charge in [-0.3, -0.25) is 9.48 Å². The number of hydrogen-bond donors (Lipinski definition) is 1. The summed E-state index contributed by atoms with van der Waals surface area (Å²) in [5, 5.41) is 8.05. The number of carbonyl (C=O) groups excluding carboxylic acids is 1. The standard InChI is InChI=1S/C19H25N5OS/c1-13(2)9-10-24-16-8-6-5-7-15(16)20-19(24)26-12-18(25)21-17-11-14(3)22-23(17)4/h5-8,11,13H,9-10,12H2,1-4H3,(H,21,25). The largest absolute Gasteiger partial charge is 0.319 e. The first-order valence-corrected chi connectivity index (χ1v) is 9.81. The molecule has 138 valence electrons. The van der Waals surface area contributed by atoms with Crippen LogP contribution in [0.2, 0.25) is 0 Å².